The molecule has 0 aliphatic carbocycles. The molecule has 0 aromatic rings. The molecule has 120 valence electrons. The number of rotatable bonds is 7. The van der Waals surface area contributed by atoms with Crippen LogP contribution in [0.1, 0.15) is 6.92 Å². The zero-order chi connectivity index (χ0) is 16.4. The molecule has 3 nitrogen and oxygen atoms in total. The molecule has 0 radical (unpaired) electrons. The third-order valence-electron chi connectivity index (χ3n) is 2.46. The summed E-state index contributed by atoms with van der Waals surface area (Å²) in [6.07, 6.45) is -8.80. The zero-order valence-corrected chi connectivity index (χ0v) is 11.1. The lowest BCUT2D eigenvalue weighted by Gasteiger charge is -2.40. The van der Waals surface area contributed by atoms with E-state index in [2.05, 4.69) is 9.47 Å². The normalized spacial score (nSPS) is 16.0. The van der Waals surface area contributed by atoms with Gasteiger partial charge in [-0.1, -0.05) is 0 Å². The Bertz CT molecular complexity index is 369. The second-order valence-corrected chi connectivity index (χ2v) is 4.40. The summed E-state index contributed by atoms with van der Waals surface area (Å²) >= 11 is 0. The fraction of sp³-hybridized carbons (Fsp3) is 0.800. The molecule has 0 aliphatic rings. The number of likely N-dealkylation sites (N-methyl/N-ethyl adjacent to an activating group) is 1. The molecule has 0 saturated carbocycles. The van der Waals surface area contributed by atoms with Crippen LogP contribution in [0.25, 0.3) is 0 Å². The fourth-order valence-corrected chi connectivity index (χ4v) is 1.42. The van der Waals surface area contributed by atoms with Gasteiger partial charge in [-0.05, 0) is 21.0 Å². The van der Waals surface area contributed by atoms with Crippen LogP contribution in [0.4, 0.5) is 30.7 Å². The van der Waals surface area contributed by atoms with E-state index in [1.165, 1.54) is 14.1 Å². The van der Waals surface area contributed by atoms with Gasteiger partial charge in [-0.2, -0.15) is 30.7 Å². The van der Waals surface area contributed by atoms with Crippen LogP contribution in [-0.2, 0) is 9.47 Å². The van der Waals surface area contributed by atoms with Crippen LogP contribution >= 0.6 is 0 Å². The van der Waals surface area contributed by atoms with Crippen molar-refractivity contribution in [2.24, 2.45) is 0 Å². The number of ether oxygens (including phenoxy) is 2. The van der Waals surface area contributed by atoms with E-state index in [9.17, 15) is 30.7 Å². The molecule has 1 unspecified atom stereocenters. The lowest BCUT2D eigenvalue weighted by Crippen LogP contribution is -2.62. The summed E-state index contributed by atoms with van der Waals surface area (Å²) in [5.41, 5.74) is -2.80. The SMILES string of the molecule is COC(C)(CN(C)C)C(F)(F)C(F)(F)OC(F)=C(F)F. The van der Waals surface area contributed by atoms with E-state index >= 15 is 0 Å². The molecule has 0 rings (SSSR count). The van der Waals surface area contributed by atoms with E-state index in [1.54, 1.807) is 0 Å². The maximum absolute atomic E-state index is 13.8. The molecular weight excluding hydrogens is 299 g/mol. The minimum Gasteiger partial charge on any atom is -0.398 e. The number of hydrogen-bond acceptors (Lipinski definition) is 3. The van der Waals surface area contributed by atoms with Crippen molar-refractivity contribution in [3.05, 3.63) is 12.1 Å². The molecule has 0 amide bonds. The van der Waals surface area contributed by atoms with Crippen LogP contribution in [0.2, 0.25) is 0 Å². The van der Waals surface area contributed by atoms with Crippen LogP contribution in [0.5, 0.6) is 0 Å². The van der Waals surface area contributed by atoms with E-state index in [1.807, 2.05) is 0 Å². The first-order valence-corrected chi connectivity index (χ1v) is 5.16. The average Bonchev–Trinajstić information content (AvgIpc) is 2.26. The topological polar surface area (TPSA) is 21.7 Å². The predicted molar refractivity (Wildman–Crippen MR) is 55.3 cm³/mol. The summed E-state index contributed by atoms with van der Waals surface area (Å²) in [6, 6.07) is -3.07. The predicted octanol–water partition coefficient (Wildman–Crippen LogP) is 3.23. The summed E-state index contributed by atoms with van der Waals surface area (Å²) in [5, 5.41) is 0. The molecule has 0 heterocycles. The van der Waals surface area contributed by atoms with Crippen molar-refractivity contribution >= 4 is 0 Å². The molecule has 10 heteroatoms. The van der Waals surface area contributed by atoms with Gasteiger partial charge in [0.05, 0.1) is 0 Å². The lowest BCUT2D eigenvalue weighted by molar-refractivity contribution is -0.384. The number of halogens is 7. The highest BCUT2D eigenvalue weighted by atomic mass is 19.3. The highest BCUT2D eigenvalue weighted by Crippen LogP contribution is 2.46. The van der Waals surface area contributed by atoms with Crippen LogP contribution in [0, 0.1) is 0 Å². The number of hydrogen-bond donors (Lipinski definition) is 0. The lowest BCUT2D eigenvalue weighted by atomic mass is 9.96. The first kappa shape index (κ1) is 19.0. The van der Waals surface area contributed by atoms with Gasteiger partial charge in [-0.3, -0.25) is 0 Å². The molecular formula is C10H14F7NO2. The van der Waals surface area contributed by atoms with Crippen LogP contribution in [0.3, 0.4) is 0 Å². The number of alkyl halides is 4. The summed E-state index contributed by atoms with van der Waals surface area (Å²) < 4.78 is 97.0. The van der Waals surface area contributed by atoms with Crippen molar-refractivity contribution in [2.45, 2.75) is 24.6 Å². The molecule has 0 bridgehead atoms. The molecule has 0 aliphatic heterocycles. The molecule has 0 fully saturated rings. The first-order chi connectivity index (χ1) is 8.80. The Hall–Kier alpha value is -1.03. The van der Waals surface area contributed by atoms with E-state index in [-0.39, 0.29) is 0 Å². The van der Waals surface area contributed by atoms with E-state index in [0.717, 1.165) is 12.0 Å². The van der Waals surface area contributed by atoms with Gasteiger partial charge in [0, 0.05) is 13.7 Å². The van der Waals surface area contributed by atoms with Crippen LogP contribution in [0.15, 0.2) is 12.1 Å². The van der Waals surface area contributed by atoms with E-state index in [0.29, 0.717) is 6.92 Å². The average molecular weight is 313 g/mol. The Morgan fingerprint density at radius 2 is 1.50 bits per heavy atom. The molecule has 0 saturated heterocycles. The molecule has 20 heavy (non-hydrogen) atoms. The van der Waals surface area contributed by atoms with Crippen molar-refractivity contribution < 1.29 is 40.2 Å². The maximum atomic E-state index is 13.8. The molecule has 0 spiro atoms. The minimum absolute atomic E-state index is 0.623. The largest absolute Gasteiger partial charge is 0.469 e. The summed E-state index contributed by atoms with van der Waals surface area (Å²) in [7, 11) is 3.33. The van der Waals surface area contributed by atoms with Crippen LogP contribution in [-0.4, -0.2) is 50.3 Å². The Morgan fingerprint density at radius 1 is 1.05 bits per heavy atom. The fourth-order valence-electron chi connectivity index (χ4n) is 1.42. The summed E-state index contributed by atoms with van der Waals surface area (Å²) in [5.74, 6) is -5.08. The molecule has 1 atom stereocenters. The van der Waals surface area contributed by atoms with E-state index < -0.39 is 36.3 Å². The zero-order valence-electron chi connectivity index (χ0n) is 11.1. The molecule has 0 aromatic heterocycles. The highest BCUT2D eigenvalue weighted by Gasteiger charge is 2.70. The second-order valence-electron chi connectivity index (χ2n) is 4.40. The maximum Gasteiger partial charge on any atom is 0.469 e. The van der Waals surface area contributed by atoms with Crippen molar-refractivity contribution in [3.63, 3.8) is 0 Å². The van der Waals surface area contributed by atoms with Gasteiger partial charge in [-0.25, -0.2) is 0 Å². The van der Waals surface area contributed by atoms with Gasteiger partial charge in [-0.15, -0.1) is 0 Å². The Balaban J connectivity index is 5.51. The van der Waals surface area contributed by atoms with Gasteiger partial charge in [0.2, 0.25) is 0 Å². The smallest absolute Gasteiger partial charge is 0.398 e. The summed E-state index contributed by atoms with van der Waals surface area (Å²) in [6.45, 7) is -0.0728. The number of methoxy groups -OCH3 is 1. The van der Waals surface area contributed by atoms with Crippen molar-refractivity contribution in [1.29, 1.82) is 0 Å². The van der Waals surface area contributed by atoms with Crippen molar-refractivity contribution in [1.82, 2.24) is 4.90 Å². The number of nitrogens with zero attached hydrogens (tertiary/aromatic N) is 1. The Kier molecular flexibility index (Phi) is 5.85. The first-order valence-electron chi connectivity index (χ1n) is 5.16. The Morgan fingerprint density at radius 3 is 1.80 bits per heavy atom. The van der Waals surface area contributed by atoms with Gasteiger partial charge in [0.15, 0.2) is 5.60 Å². The third-order valence-corrected chi connectivity index (χ3v) is 2.46. The Labute approximate surface area is 110 Å². The minimum atomic E-state index is -5.53. The van der Waals surface area contributed by atoms with Crippen molar-refractivity contribution in [2.75, 3.05) is 27.7 Å². The standard InChI is InChI=1S/C10H14F7NO2/c1-8(19-4,5-18(2)3)9(14,15)10(16,17)20-7(13)6(11)12/h5H2,1-4H3. The second kappa shape index (κ2) is 6.17. The highest BCUT2D eigenvalue weighted by molar-refractivity contribution is 5.00. The van der Waals surface area contributed by atoms with Gasteiger partial charge < -0.3 is 14.4 Å². The molecule has 0 aromatic carbocycles. The van der Waals surface area contributed by atoms with Crippen molar-refractivity contribution in [3.8, 4) is 0 Å². The van der Waals surface area contributed by atoms with Crippen LogP contribution < -0.4 is 0 Å². The summed E-state index contributed by atoms with van der Waals surface area (Å²) in [4.78, 5) is 1.11. The quantitative estimate of drug-likeness (QED) is 0.532. The third kappa shape index (κ3) is 3.75. The van der Waals surface area contributed by atoms with E-state index in [4.69, 9.17) is 0 Å². The van der Waals surface area contributed by atoms with Gasteiger partial charge in [0.1, 0.15) is 0 Å². The monoisotopic (exact) mass is 313 g/mol. The van der Waals surface area contributed by atoms with Gasteiger partial charge in [0.25, 0.3) is 0 Å². The molecule has 0 N–H and O–H groups in total. The van der Waals surface area contributed by atoms with Gasteiger partial charge >= 0.3 is 24.1 Å².